The first-order valence-corrected chi connectivity index (χ1v) is 9.36. The molecule has 2 aromatic carbocycles. The first-order valence-electron chi connectivity index (χ1n) is 9.36. The van der Waals surface area contributed by atoms with E-state index in [1.165, 1.54) is 11.1 Å². The molecule has 0 saturated heterocycles. The number of carbonyl (C=O) groups excluding carboxylic acids is 1. The molecule has 0 spiro atoms. The van der Waals surface area contributed by atoms with Crippen LogP contribution in [-0.4, -0.2) is 36.9 Å². The van der Waals surface area contributed by atoms with Crippen molar-refractivity contribution in [3.05, 3.63) is 71.3 Å². The third-order valence-corrected chi connectivity index (χ3v) is 4.96. The lowest BCUT2D eigenvalue weighted by Crippen LogP contribution is -2.31. The molecule has 0 bridgehead atoms. The molecule has 7 nitrogen and oxygen atoms in total. The van der Waals surface area contributed by atoms with Crippen LogP contribution in [0.1, 0.15) is 21.5 Å². The van der Waals surface area contributed by atoms with Crippen LogP contribution >= 0.6 is 0 Å². The standard InChI is InChI=1S/C22H22N4O3/c1-28-18-11-17(12-19(13-18)29-2)22(27)23-20-7-8-21(25-24-20)26-10-9-15-5-3-4-6-16(15)14-26/h3-8,11-13H,9-10,14H2,1-2H3,(H,23,24,27). The maximum Gasteiger partial charge on any atom is 0.257 e. The van der Waals surface area contributed by atoms with Crippen LogP contribution in [0.5, 0.6) is 11.5 Å². The second-order valence-electron chi connectivity index (χ2n) is 6.77. The van der Waals surface area contributed by atoms with Crippen LogP contribution in [0.2, 0.25) is 0 Å². The summed E-state index contributed by atoms with van der Waals surface area (Å²) in [6.07, 6.45) is 0.980. The van der Waals surface area contributed by atoms with Crippen LogP contribution in [0.25, 0.3) is 0 Å². The molecule has 1 aromatic heterocycles. The van der Waals surface area contributed by atoms with Gasteiger partial charge in [0.05, 0.1) is 14.2 Å². The van der Waals surface area contributed by atoms with Crippen molar-refractivity contribution in [1.82, 2.24) is 10.2 Å². The largest absolute Gasteiger partial charge is 0.497 e. The molecule has 1 amide bonds. The molecular weight excluding hydrogens is 368 g/mol. The predicted octanol–water partition coefficient (Wildman–Crippen LogP) is 3.31. The lowest BCUT2D eigenvalue weighted by Gasteiger charge is -2.29. The molecule has 29 heavy (non-hydrogen) atoms. The monoisotopic (exact) mass is 390 g/mol. The third kappa shape index (κ3) is 4.13. The summed E-state index contributed by atoms with van der Waals surface area (Å²) in [5.74, 6) is 1.96. The molecular formula is C22H22N4O3. The van der Waals surface area contributed by atoms with Gasteiger partial charge in [0.1, 0.15) is 11.5 Å². The third-order valence-electron chi connectivity index (χ3n) is 4.96. The Morgan fingerprint density at radius 2 is 1.69 bits per heavy atom. The minimum Gasteiger partial charge on any atom is -0.497 e. The highest BCUT2D eigenvalue weighted by Crippen LogP contribution is 2.24. The van der Waals surface area contributed by atoms with Crippen molar-refractivity contribution >= 4 is 17.5 Å². The predicted molar refractivity (Wildman–Crippen MR) is 111 cm³/mol. The number of nitrogens with zero attached hydrogens (tertiary/aromatic N) is 3. The van der Waals surface area contributed by atoms with Crippen LogP contribution in [0, 0.1) is 0 Å². The summed E-state index contributed by atoms with van der Waals surface area (Å²) >= 11 is 0. The molecule has 2 heterocycles. The van der Waals surface area contributed by atoms with E-state index in [-0.39, 0.29) is 5.91 Å². The van der Waals surface area contributed by atoms with Crippen molar-refractivity contribution in [3.8, 4) is 11.5 Å². The number of methoxy groups -OCH3 is 2. The molecule has 4 rings (SSSR count). The van der Waals surface area contributed by atoms with E-state index in [4.69, 9.17) is 9.47 Å². The van der Waals surface area contributed by atoms with Crippen molar-refractivity contribution in [2.45, 2.75) is 13.0 Å². The van der Waals surface area contributed by atoms with E-state index in [0.29, 0.717) is 22.9 Å². The lowest BCUT2D eigenvalue weighted by molar-refractivity contribution is 0.102. The summed E-state index contributed by atoms with van der Waals surface area (Å²) in [5.41, 5.74) is 3.11. The van der Waals surface area contributed by atoms with Gasteiger partial charge < -0.3 is 19.7 Å². The fraction of sp³-hybridized carbons (Fsp3) is 0.227. The van der Waals surface area contributed by atoms with Gasteiger partial charge in [0.25, 0.3) is 5.91 Å². The Balaban J connectivity index is 1.46. The molecule has 0 unspecified atom stereocenters. The van der Waals surface area contributed by atoms with Crippen molar-refractivity contribution in [2.24, 2.45) is 0 Å². The van der Waals surface area contributed by atoms with Gasteiger partial charge in [-0.2, -0.15) is 0 Å². The Hall–Kier alpha value is -3.61. The number of anilines is 2. The highest BCUT2D eigenvalue weighted by molar-refractivity contribution is 6.04. The molecule has 0 aliphatic carbocycles. The number of benzene rings is 2. The maximum atomic E-state index is 12.6. The Kier molecular flexibility index (Phi) is 5.29. The minimum absolute atomic E-state index is 0.309. The molecule has 0 fully saturated rings. The van der Waals surface area contributed by atoms with E-state index in [2.05, 4.69) is 44.7 Å². The average molecular weight is 390 g/mol. The summed E-state index contributed by atoms with van der Waals surface area (Å²) in [7, 11) is 3.08. The zero-order valence-electron chi connectivity index (χ0n) is 16.4. The van der Waals surface area contributed by atoms with Crippen molar-refractivity contribution in [1.29, 1.82) is 0 Å². The van der Waals surface area contributed by atoms with Gasteiger partial charge in [0.15, 0.2) is 11.6 Å². The van der Waals surface area contributed by atoms with E-state index in [0.717, 1.165) is 25.3 Å². The number of hydrogen-bond donors (Lipinski definition) is 1. The molecule has 1 aliphatic heterocycles. The number of carbonyl (C=O) groups is 1. The number of ether oxygens (including phenoxy) is 2. The molecule has 7 heteroatoms. The van der Waals surface area contributed by atoms with Gasteiger partial charge >= 0.3 is 0 Å². The molecule has 0 radical (unpaired) electrons. The maximum absolute atomic E-state index is 12.6. The Morgan fingerprint density at radius 1 is 0.966 bits per heavy atom. The minimum atomic E-state index is -0.309. The van der Waals surface area contributed by atoms with Crippen LogP contribution in [0.3, 0.4) is 0 Å². The van der Waals surface area contributed by atoms with E-state index in [9.17, 15) is 4.79 Å². The number of rotatable bonds is 5. The van der Waals surface area contributed by atoms with E-state index in [1.54, 1.807) is 38.5 Å². The van der Waals surface area contributed by atoms with Gasteiger partial charge in [0.2, 0.25) is 0 Å². The molecule has 1 N–H and O–H groups in total. The first-order chi connectivity index (χ1) is 14.2. The van der Waals surface area contributed by atoms with Gasteiger partial charge in [0, 0.05) is 24.7 Å². The number of fused-ring (bicyclic) bond motifs is 1. The molecule has 0 atom stereocenters. The second-order valence-corrected chi connectivity index (χ2v) is 6.77. The Bertz CT molecular complexity index is 999. The second kappa shape index (κ2) is 8.18. The number of aromatic nitrogens is 2. The van der Waals surface area contributed by atoms with E-state index >= 15 is 0 Å². The van der Waals surface area contributed by atoms with Gasteiger partial charge in [-0.15, -0.1) is 10.2 Å². The lowest BCUT2D eigenvalue weighted by atomic mass is 10.00. The normalized spacial score (nSPS) is 12.8. The van der Waals surface area contributed by atoms with Gasteiger partial charge in [-0.05, 0) is 41.8 Å². The summed E-state index contributed by atoms with van der Waals surface area (Å²) in [4.78, 5) is 14.8. The number of hydrogen-bond acceptors (Lipinski definition) is 6. The van der Waals surface area contributed by atoms with Crippen molar-refractivity contribution in [2.75, 3.05) is 31.0 Å². The first kappa shape index (κ1) is 18.7. The Morgan fingerprint density at radius 3 is 2.34 bits per heavy atom. The fourth-order valence-electron chi connectivity index (χ4n) is 3.38. The highest BCUT2D eigenvalue weighted by Gasteiger charge is 2.18. The van der Waals surface area contributed by atoms with Crippen LogP contribution < -0.4 is 19.7 Å². The topological polar surface area (TPSA) is 76.6 Å². The van der Waals surface area contributed by atoms with Crippen LogP contribution in [0.4, 0.5) is 11.6 Å². The van der Waals surface area contributed by atoms with Crippen LogP contribution in [-0.2, 0) is 13.0 Å². The summed E-state index contributed by atoms with van der Waals surface area (Å²) in [6.45, 7) is 1.70. The van der Waals surface area contributed by atoms with Gasteiger partial charge in [-0.3, -0.25) is 4.79 Å². The smallest absolute Gasteiger partial charge is 0.257 e. The quantitative estimate of drug-likeness (QED) is 0.720. The van der Waals surface area contributed by atoms with Gasteiger partial charge in [-0.1, -0.05) is 24.3 Å². The zero-order chi connectivity index (χ0) is 20.2. The molecule has 0 saturated carbocycles. The van der Waals surface area contributed by atoms with E-state index in [1.807, 2.05) is 6.07 Å². The van der Waals surface area contributed by atoms with E-state index < -0.39 is 0 Å². The summed E-state index contributed by atoms with van der Waals surface area (Å²) in [5, 5.41) is 11.2. The number of nitrogens with one attached hydrogen (secondary N) is 1. The number of amides is 1. The Labute approximate surface area is 169 Å². The summed E-state index contributed by atoms with van der Waals surface area (Å²) in [6, 6.07) is 17.1. The molecule has 1 aliphatic rings. The summed E-state index contributed by atoms with van der Waals surface area (Å²) < 4.78 is 10.4. The van der Waals surface area contributed by atoms with Crippen molar-refractivity contribution in [3.63, 3.8) is 0 Å². The average Bonchev–Trinajstić information content (AvgIpc) is 2.78. The van der Waals surface area contributed by atoms with Gasteiger partial charge in [-0.25, -0.2) is 0 Å². The molecule has 148 valence electrons. The molecule has 3 aromatic rings. The van der Waals surface area contributed by atoms with Crippen LogP contribution in [0.15, 0.2) is 54.6 Å². The fourth-order valence-corrected chi connectivity index (χ4v) is 3.38. The highest BCUT2D eigenvalue weighted by atomic mass is 16.5. The van der Waals surface area contributed by atoms with Crippen molar-refractivity contribution < 1.29 is 14.3 Å². The SMILES string of the molecule is COc1cc(OC)cc(C(=O)Nc2ccc(N3CCc4ccccc4C3)nn2)c1. The zero-order valence-corrected chi connectivity index (χ0v) is 16.4.